The van der Waals surface area contributed by atoms with Gasteiger partial charge in [-0.05, 0) is 49.4 Å². The van der Waals surface area contributed by atoms with Gasteiger partial charge in [-0.15, -0.1) is 0 Å². The molecule has 1 amide bonds. The minimum Gasteiger partial charge on any atom is -0.444 e. The largest absolute Gasteiger partial charge is 1.00 e. The van der Waals surface area contributed by atoms with Gasteiger partial charge in [-0.3, -0.25) is 10.3 Å². The number of aromatic nitrogens is 1. The van der Waals surface area contributed by atoms with Crippen molar-refractivity contribution in [3.63, 3.8) is 0 Å². The van der Waals surface area contributed by atoms with Crippen LogP contribution in [0.4, 0.5) is 10.5 Å². The monoisotopic (exact) mass is 384 g/mol. The molecule has 0 aliphatic heterocycles. The van der Waals surface area contributed by atoms with Crippen LogP contribution in [-0.4, -0.2) is 16.7 Å². The Balaban J connectivity index is 0. The zero-order valence-corrected chi connectivity index (χ0v) is 15.2. The number of nitrogens with one attached hydrogen (secondary N) is 1. The van der Waals surface area contributed by atoms with Gasteiger partial charge in [-0.1, -0.05) is 13.3 Å². The Morgan fingerprint density at radius 1 is 1.50 bits per heavy atom. The number of ether oxygens (including phenoxy) is 1. The van der Waals surface area contributed by atoms with Crippen molar-refractivity contribution in [2.75, 3.05) is 5.32 Å². The van der Waals surface area contributed by atoms with Crippen LogP contribution in [0.2, 0.25) is 0 Å². The van der Waals surface area contributed by atoms with E-state index in [1.807, 2.05) is 20.8 Å². The topological polar surface area (TPSA) is 51.2 Å². The van der Waals surface area contributed by atoms with Crippen LogP contribution in [0.3, 0.4) is 0 Å². The van der Waals surface area contributed by atoms with E-state index in [-0.39, 0.29) is 18.9 Å². The summed E-state index contributed by atoms with van der Waals surface area (Å²) in [5.41, 5.74) is 0.225. The predicted molar refractivity (Wildman–Crippen MR) is 87.1 cm³/mol. The Hall–Kier alpha value is -0.253. The van der Waals surface area contributed by atoms with Crippen LogP contribution in [-0.2, 0) is 4.74 Å². The van der Waals surface area contributed by atoms with Gasteiger partial charge in [-0.2, -0.15) is 6.42 Å². The number of carbonyl (C=O) groups excluding carboxylic acids is 1. The smallest absolute Gasteiger partial charge is 0.444 e. The Morgan fingerprint density at radius 2 is 2.05 bits per heavy atom. The van der Waals surface area contributed by atoms with Gasteiger partial charge < -0.3 is 11.7 Å². The van der Waals surface area contributed by atoms with Gasteiger partial charge in [0.25, 0.3) is 0 Å². The Bertz CT molecular complexity index is 393. The summed E-state index contributed by atoms with van der Waals surface area (Å²) in [6, 6.07) is 1.73. The fourth-order valence-electron chi connectivity index (χ4n) is 0.890. The van der Waals surface area contributed by atoms with Crippen molar-refractivity contribution in [3.8, 4) is 0 Å². The molecule has 0 saturated heterocycles. The van der Waals surface area contributed by atoms with Crippen molar-refractivity contribution in [1.82, 2.24) is 4.98 Å². The van der Waals surface area contributed by atoms with Crippen molar-refractivity contribution >= 4 is 34.4 Å². The first-order valence-electron chi connectivity index (χ1n) is 6.19. The zero-order chi connectivity index (χ0) is 14.9. The standard InChI is InChI=1S/C10H13IN2O2.C4H9.Li/c1-10(2,3)15-9(14)13-8-4-5-12-6-7(8)11;1-3-4-2;/h4-6H,1-3H3,(H,12,13,14);1,3-4H2,2H3;/q;-1;+1. The summed E-state index contributed by atoms with van der Waals surface area (Å²) in [5, 5.41) is 2.66. The molecular weight excluding hydrogens is 362 g/mol. The minimum absolute atomic E-state index is 0. The van der Waals surface area contributed by atoms with Gasteiger partial charge in [0.1, 0.15) is 5.60 Å². The predicted octanol–water partition coefficient (Wildman–Crippen LogP) is 1.66. The van der Waals surface area contributed by atoms with Gasteiger partial charge >= 0.3 is 25.0 Å². The molecule has 0 aromatic carbocycles. The van der Waals surface area contributed by atoms with Crippen molar-refractivity contribution in [2.45, 2.75) is 46.1 Å². The maximum absolute atomic E-state index is 11.4. The number of carbonyl (C=O) groups is 1. The first-order valence-corrected chi connectivity index (χ1v) is 7.26. The number of amides is 1. The van der Waals surface area contributed by atoms with Gasteiger partial charge in [0, 0.05) is 12.4 Å². The third kappa shape index (κ3) is 11.6. The molecule has 0 radical (unpaired) electrons. The van der Waals surface area contributed by atoms with E-state index in [2.05, 4.69) is 46.7 Å². The third-order valence-electron chi connectivity index (χ3n) is 1.76. The minimum atomic E-state index is -0.484. The van der Waals surface area contributed by atoms with Gasteiger partial charge in [0.05, 0.1) is 9.26 Å². The second kappa shape index (κ2) is 11.4. The number of rotatable bonds is 2. The first kappa shape index (κ1) is 22.0. The second-order valence-electron chi connectivity index (χ2n) is 4.84. The molecular formula is C14H22ILiN2O2. The fourth-order valence-corrected chi connectivity index (χ4v) is 1.37. The summed E-state index contributed by atoms with van der Waals surface area (Å²) in [6.07, 6.45) is 5.12. The molecule has 0 atom stereocenters. The van der Waals surface area contributed by atoms with Crippen LogP contribution in [0.5, 0.6) is 0 Å². The molecule has 0 unspecified atom stereocenters. The summed E-state index contributed by atoms with van der Waals surface area (Å²) in [6.45, 7) is 11.2. The van der Waals surface area contributed by atoms with Crippen molar-refractivity contribution in [3.05, 3.63) is 29.0 Å². The summed E-state index contributed by atoms with van der Waals surface area (Å²) in [4.78, 5) is 15.4. The molecule has 1 rings (SSSR count). The molecule has 0 aliphatic rings. The number of hydrogen-bond donors (Lipinski definition) is 1. The van der Waals surface area contributed by atoms with E-state index in [1.54, 1.807) is 18.5 Å². The third-order valence-corrected chi connectivity index (χ3v) is 2.62. The van der Waals surface area contributed by atoms with Gasteiger partial charge in [0.2, 0.25) is 0 Å². The van der Waals surface area contributed by atoms with Crippen molar-refractivity contribution < 1.29 is 28.4 Å². The van der Waals surface area contributed by atoms with Crippen LogP contribution in [0.25, 0.3) is 0 Å². The quantitative estimate of drug-likeness (QED) is 0.480. The number of halogens is 1. The van der Waals surface area contributed by atoms with E-state index >= 15 is 0 Å². The molecule has 0 saturated carbocycles. The molecule has 4 nitrogen and oxygen atoms in total. The van der Waals surface area contributed by atoms with Crippen molar-refractivity contribution in [1.29, 1.82) is 0 Å². The van der Waals surface area contributed by atoms with Gasteiger partial charge in [0.15, 0.2) is 0 Å². The van der Waals surface area contributed by atoms with E-state index in [4.69, 9.17) is 4.74 Å². The molecule has 0 spiro atoms. The second-order valence-corrected chi connectivity index (χ2v) is 6.00. The molecule has 20 heavy (non-hydrogen) atoms. The average molecular weight is 384 g/mol. The number of nitrogens with zero attached hydrogens (tertiary/aromatic N) is 1. The van der Waals surface area contributed by atoms with E-state index in [0.29, 0.717) is 5.69 Å². The number of hydrogen-bond acceptors (Lipinski definition) is 3. The summed E-state index contributed by atoms with van der Waals surface area (Å²) >= 11 is 2.10. The Kier molecular flexibility index (Phi) is 12.6. The Labute approximate surface area is 147 Å². The molecule has 1 heterocycles. The molecule has 0 bridgehead atoms. The molecule has 6 heteroatoms. The number of pyridine rings is 1. The van der Waals surface area contributed by atoms with Crippen LogP contribution in [0.15, 0.2) is 18.5 Å². The molecule has 0 fully saturated rings. The Morgan fingerprint density at radius 3 is 2.45 bits per heavy atom. The summed E-state index contributed by atoms with van der Waals surface area (Å²) < 4.78 is 6.00. The van der Waals surface area contributed by atoms with Crippen LogP contribution < -0.4 is 24.2 Å². The maximum atomic E-state index is 11.4. The molecule has 0 aliphatic carbocycles. The van der Waals surface area contributed by atoms with E-state index in [0.717, 1.165) is 9.99 Å². The van der Waals surface area contributed by atoms with Crippen LogP contribution in [0.1, 0.15) is 40.5 Å². The normalized spacial score (nSPS) is 9.70. The van der Waals surface area contributed by atoms with Crippen LogP contribution in [0, 0.1) is 10.5 Å². The van der Waals surface area contributed by atoms with E-state index < -0.39 is 11.7 Å². The zero-order valence-electron chi connectivity index (χ0n) is 13.0. The SMILES string of the molecule is CC(C)(C)OC(=O)Nc1ccncc1I.[CH2-]CCC.[Li+]. The van der Waals surface area contributed by atoms with Crippen molar-refractivity contribution in [2.24, 2.45) is 0 Å². The summed E-state index contributed by atoms with van der Waals surface area (Å²) in [5.74, 6) is 0. The first-order chi connectivity index (χ1) is 8.80. The van der Waals surface area contributed by atoms with Crippen LogP contribution >= 0.6 is 22.6 Å². The van der Waals surface area contributed by atoms with Gasteiger partial charge in [-0.25, -0.2) is 4.79 Å². The number of unbranched alkanes of at least 4 members (excludes halogenated alkanes) is 1. The summed E-state index contributed by atoms with van der Waals surface area (Å²) in [7, 11) is 0. The molecule has 108 valence electrons. The number of anilines is 1. The molecule has 1 aromatic rings. The van der Waals surface area contributed by atoms with E-state index in [1.165, 1.54) is 6.42 Å². The molecule has 1 N–H and O–H groups in total. The molecule has 1 aromatic heterocycles. The fraction of sp³-hybridized carbons (Fsp3) is 0.500. The maximum Gasteiger partial charge on any atom is 1.00 e. The van der Waals surface area contributed by atoms with E-state index in [9.17, 15) is 4.79 Å². The average Bonchev–Trinajstić information content (AvgIpc) is 2.30.